The quantitative estimate of drug-likeness (QED) is 0.267. The molecule has 3 aromatic carbocycles. The van der Waals surface area contributed by atoms with Crippen molar-refractivity contribution >= 4 is 41.3 Å². The highest BCUT2D eigenvalue weighted by molar-refractivity contribution is 6.36. The lowest BCUT2D eigenvalue weighted by Crippen LogP contribution is -2.22. The van der Waals surface area contributed by atoms with Crippen LogP contribution in [0.1, 0.15) is 25.2 Å². The molecule has 0 spiro atoms. The largest absolute Gasteiger partial charge is 0.479 e. The zero-order valence-corrected chi connectivity index (χ0v) is 20.8. The van der Waals surface area contributed by atoms with Crippen LogP contribution in [0, 0.1) is 0 Å². The van der Waals surface area contributed by atoms with Gasteiger partial charge in [-0.05, 0) is 66.9 Å². The Bertz CT molecular complexity index is 1360. The fourth-order valence-electron chi connectivity index (χ4n) is 3.58. The summed E-state index contributed by atoms with van der Waals surface area (Å²) in [6, 6.07) is 20.9. The Kier molecular flexibility index (Phi) is 7.59. The van der Waals surface area contributed by atoms with Gasteiger partial charge in [0.15, 0.2) is 6.10 Å². The maximum Gasteiger partial charge on any atom is 0.344 e. The van der Waals surface area contributed by atoms with Gasteiger partial charge in [-0.3, -0.25) is 0 Å². The van der Waals surface area contributed by atoms with Gasteiger partial charge >= 0.3 is 5.97 Å². The summed E-state index contributed by atoms with van der Waals surface area (Å²) in [6.07, 6.45) is 5.11. The third-order valence-electron chi connectivity index (χ3n) is 5.54. The normalized spacial score (nSPS) is 12.1. The smallest absolute Gasteiger partial charge is 0.344 e. The van der Waals surface area contributed by atoms with Gasteiger partial charge in [-0.15, -0.1) is 0 Å². The number of aromatic nitrogens is 2. The Morgan fingerprint density at radius 3 is 2.29 bits per heavy atom. The van der Waals surface area contributed by atoms with Crippen molar-refractivity contribution < 1.29 is 14.6 Å². The molecule has 1 atom stereocenters. The number of imidazole rings is 1. The van der Waals surface area contributed by atoms with E-state index in [1.165, 1.54) is 6.92 Å². The lowest BCUT2D eigenvalue weighted by Gasteiger charge is -2.11. The molecule has 1 unspecified atom stereocenters. The lowest BCUT2D eigenvalue weighted by molar-refractivity contribution is -0.144. The molecular weight excluding hydrogens is 483 g/mol. The molecule has 0 radical (unpaired) electrons. The number of carboxylic acids is 1. The van der Waals surface area contributed by atoms with Crippen LogP contribution >= 0.6 is 23.2 Å². The highest BCUT2D eigenvalue weighted by atomic mass is 35.5. The van der Waals surface area contributed by atoms with E-state index < -0.39 is 12.1 Å². The molecular formula is C28H24Cl2N2O3. The Labute approximate surface area is 214 Å². The molecule has 1 aromatic heterocycles. The Hall–Kier alpha value is -3.54. The molecule has 5 nitrogen and oxygen atoms in total. The maximum atomic E-state index is 10.9. The van der Waals surface area contributed by atoms with Crippen LogP contribution in [0.25, 0.3) is 34.5 Å². The van der Waals surface area contributed by atoms with Gasteiger partial charge in [0, 0.05) is 23.3 Å². The van der Waals surface area contributed by atoms with Gasteiger partial charge in [-0.2, -0.15) is 0 Å². The van der Waals surface area contributed by atoms with Crippen LogP contribution in [0.2, 0.25) is 10.0 Å². The second-order valence-electron chi connectivity index (χ2n) is 7.97. The van der Waals surface area contributed by atoms with Gasteiger partial charge in [-0.25, -0.2) is 9.78 Å². The Morgan fingerprint density at radius 2 is 1.69 bits per heavy atom. The van der Waals surface area contributed by atoms with Crippen molar-refractivity contribution in [2.24, 2.45) is 0 Å². The van der Waals surface area contributed by atoms with Gasteiger partial charge < -0.3 is 14.4 Å². The number of nitrogens with zero attached hydrogens (tertiary/aromatic N) is 2. The molecule has 0 fully saturated rings. The van der Waals surface area contributed by atoms with E-state index in [9.17, 15) is 4.79 Å². The average molecular weight is 507 g/mol. The fourth-order valence-corrected chi connectivity index (χ4v) is 4.09. The molecule has 0 aliphatic rings. The van der Waals surface area contributed by atoms with Crippen LogP contribution in [-0.4, -0.2) is 26.7 Å². The van der Waals surface area contributed by atoms with Crippen molar-refractivity contribution in [3.8, 4) is 28.1 Å². The van der Waals surface area contributed by atoms with Crippen molar-refractivity contribution in [3.05, 3.63) is 94.4 Å². The van der Waals surface area contributed by atoms with E-state index in [1.807, 2.05) is 66.9 Å². The van der Waals surface area contributed by atoms with Gasteiger partial charge in [-0.1, -0.05) is 65.7 Å². The zero-order valence-electron chi connectivity index (χ0n) is 19.3. The summed E-state index contributed by atoms with van der Waals surface area (Å²) >= 11 is 12.4. The van der Waals surface area contributed by atoms with E-state index in [1.54, 1.807) is 18.2 Å². The second-order valence-corrected chi connectivity index (χ2v) is 8.82. The summed E-state index contributed by atoms with van der Waals surface area (Å²) in [5.41, 5.74) is 4.75. The predicted molar refractivity (Wildman–Crippen MR) is 142 cm³/mol. The molecule has 1 N–H and O–H groups in total. The Balaban J connectivity index is 1.49. The first-order valence-electron chi connectivity index (χ1n) is 11.1. The van der Waals surface area contributed by atoms with E-state index in [0.717, 1.165) is 40.3 Å². The van der Waals surface area contributed by atoms with Crippen molar-refractivity contribution in [1.82, 2.24) is 9.55 Å². The first kappa shape index (κ1) is 24.6. The number of hydrogen-bond donors (Lipinski definition) is 1. The standard InChI is InChI=1S/C28H24Cl2N2O3/c1-3-32-17-26(24-14-11-22(29)16-25(24)30)31-27(32)15-6-19-4-7-20(8-5-19)21-9-12-23(13-10-21)35-18(2)28(33)34/h4-18H,3H2,1-2H3,(H,33,34). The van der Waals surface area contributed by atoms with Crippen molar-refractivity contribution in [3.63, 3.8) is 0 Å². The second kappa shape index (κ2) is 10.8. The van der Waals surface area contributed by atoms with Crippen molar-refractivity contribution in [1.29, 1.82) is 0 Å². The average Bonchev–Trinajstić information content (AvgIpc) is 3.26. The summed E-state index contributed by atoms with van der Waals surface area (Å²) in [5, 5.41) is 10.1. The van der Waals surface area contributed by atoms with Crippen LogP contribution in [-0.2, 0) is 11.3 Å². The number of aryl methyl sites for hydroxylation is 1. The van der Waals surface area contributed by atoms with Gasteiger partial charge in [0.1, 0.15) is 11.6 Å². The molecule has 0 aliphatic heterocycles. The summed E-state index contributed by atoms with van der Waals surface area (Å²) < 4.78 is 7.46. The van der Waals surface area contributed by atoms with E-state index in [-0.39, 0.29) is 0 Å². The molecule has 1 heterocycles. The fraction of sp³-hybridized carbons (Fsp3) is 0.143. The summed E-state index contributed by atoms with van der Waals surface area (Å²) in [6.45, 7) is 4.35. The summed E-state index contributed by atoms with van der Waals surface area (Å²) in [5.74, 6) is 0.363. The first-order chi connectivity index (χ1) is 16.8. The maximum absolute atomic E-state index is 10.9. The number of halogens is 2. The number of carboxylic acid groups (broad SMARTS) is 1. The van der Waals surface area contributed by atoms with Gasteiger partial charge in [0.2, 0.25) is 0 Å². The number of rotatable bonds is 8. The van der Waals surface area contributed by atoms with E-state index in [4.69, 9.17) is 38.0 Å². The number of ether oxygens (including phenoxy) is 1. The SMILES string of the molecule is CCn1cc(-c2ccc(Cl)cc2Cl)nc1C=Cc1ccc(-c2ccc(OC(C)C(=O)O)cc2)cc1. The highest BCUT2D eigenvalue weighted by Crippen LogP contribution is 2.30. The van der Waals surface area contributed by atoms with E-state index in [2.05, 4.69) is 11.5 Å². The minimum absolute atomic E-state index is 0.522. The van der Waals surface area contributed by atoms with Crippen LogP contribution < -0.4 is 4.74 Å². The van der Waals surface area contributed by atoms with Crippen molar-refractivity contribution in [2.45, 2.75) is 26.5 Å². The predicted octanol–water partition coefficient (Wildman–Crippen LogP) is 7.57. The molecule has 7 heteroatoms. The summed E-state index contributed by atoms with van der Waals surface area (Å²) in [4.78, 5) is 15.7. The van der Waals surface area contributed by atoms with Crippen LogP contribution in [0.4, 0.5) is 0 Å². The lowest BCUT2D eigenvalue weighted by atomic mass is 10.0. The minimum atomic E-state index is -0.996. The van der Waals surface area contributed by atoms with Crippen LogP contribution in [0.5, 0.6) is 5.75 Å². The molecule has 0 saturated carbocycles. The van der Waals surface area contributed by atoms with E-state index >= 15 is 0 Å². The molecule has 35 heavy (non-hydrogen) atoms. The molecule has 4 aromatic rings. The van der Waals surface area contributed by atoms with Crippen molar-refractivity contribution in [2.75, 3.05) is 0 Å². The van der Waals surface area contributed by atoms with E-state index in [0.29, 0.717) is 15.8 Å². The van der Waals surface area contributed by atoms with Gasteiger partial charge in [0.25, 0.3) is 0 Å². The highest BCUT2D eigenvalue weighted by Gasteiger charge is 2.12. The van der Waals surface area contributed by atoms with Crippen LogP contribution in [0.15, 0.2) is 72.9 Å². The number of hydrogen-bond acceptors (Lipinski definition) is 3. The monoisotopic (exact) mass is 506 g/mol. The number of aliphatic carboxylic acids is 1. The molecule has 0 aliphatic carbocycles. The third-order valence-corrected chi connectivity index (χ3v) is 6.09. The molecule has 0 bridgehead atoms. The molecule has 178 valence electrons. The topological polar surface area (TPSA) is 64.4 Å². The number of carbonyl (C=O) groups is 1. The third kappa shape index (κ3) is 5.94. The molecule has 0 amide bonds. The molecule has 4 rings (SSSR count). The first-order valence-corrected chi connectivity index (χ1v) is 11.9. The minimum Gasteiger partial charge on any atom is -0.479 e. The van der Waals surface area contributed by atoms with Crippen LogP contribution in [0.3, 0.4) is 0 Å². The number of benzene rings is 3. The Morgan fingerprint density at radius 1 is 1.03 bits per heavy atom. The summed E-state index contributed by atoms with van der Waals surface area (Å²) in [7, 11) is 0. The van der Waals surface area contributed by atoms with Gasteiger partial charge in [0.05, 0.1) is 10.7 Å². The molecule has 0 saturated heterocycles. The zero-order chi connectivity index (χ0) is 24.9.